The number of rotatable bonds is 13. The highest BCUT2D eigenvalue weighted by Gasteiger charge is 2.09. The van der Waals surface area contributed by atoms with Crippen LogP contribution in [0, 0.1) is 29.6 Å². The molecule has 0 aromatic rings. The van der Waals surface area contributed by atoms with Crippen LogP contribution in [0.2, 0.25) is 0 Å². The van der Waals surface area contributed by atoms with Crippen LogP contribution in [0.1, 0.15) is 106 Å². The SMILES string of the molecule is CC(C)CCCC(C)CCCC(C)CCCC(C)C(C)C. The van der Waals surface area contributed by atoms with Gasteiger partial charge in [-0.2, -0.15) is 0 Å². The third kappa shape index (κ3) is 13.4. The third-order valence-corrected chi connectivity index (χ3v) is 5.37. The highest BCUT2D eigenvalue weighted by molar-refractivity contribution is 4.62. The Morgan fingerprint density at radius 1 is 0.476 bits per heavy atom. The zero-order valence-corrected chi connectivity index (χ0v) is 16.3. The summed E-state index contributed by atoms with van der Waals surface area (Å²) < 4.78 is 0. The topological polar surface area (TPSA) is 0 Å². The largest absolute Gasteiger partial charge is 0.0628 e. The molecule has 0 saturated carbocycles. The van der Waals surface area contributed by atoms with Crippen molar-refractivity contribution >= 4 is 0 Å². The molecule has 0 amide bonds. The fraction of sp³-hybridized carbons (Fsp3) is 1.00. The van der Waals surface area contributed by atoms with E-state index in [0.717, 1.165) is 29.6 Å². The van der Waals surface area contributed by atoms with Crippen LogP contribution >= 0.6 is 0 Å². The molecule has 0 bridgehead atoms. The number of hydrogen-bond acceptors (Lipinski definition) is 0. The van der Waals surface area contributed by atoms with Crippen LogP contribution in [0.5, 0.6) is 0 Å². The molecule has 128 valence electrons. The Bertz CT molecular complexity index is 216. The predicted molar refractivity (Wildman–Crippen MR) is 98.7 cm³/mol. The first-order chi connectivity index (χ1) is 9.82. The normalized spacial score (nSPS) is 16.4. The molecule has 0 nitrogen and oxygen atoms in total. The van der Waals surface area contributed by atoms with E-state index in [0.29, 0.717) is 0 Å². The molecular formula is C21H44. The second-order valence-electron chi connectivity index (χ2n) is 8.62. The van der Waals surface area contributed by atoms with Crippen molar-refractivity contribution in [3.8, 4) is 0 Å². The quantitative estimate of drug-likeness (QED) is 0.326. The van der Waals surface area contributed by atoms with Gasteiger partial charge in [0.05, 0.1) is 0 Å². The van der Waals surface area contributed by atoms with E-state index in [1.165, 1.54) is 57.8 Å². The lowest BCUT2D eigenvalue weighted by molar-refractivity contribution is 0.346. The Kier molecular flexibility index (Phi) is 12.5. The van der Waals surface area contributed by atoms with Gasteiger partial charge in [-0.05, 0) is 29.6 Å². The first-order valence-corrected chi connectivity index (χ1v) is 9.82. The minimum Gasteiger partial charge on any atom is -0.0628 e. The summed E-state index contributed by atoms with van der Waals surface area (Å²) in [5.41, 5.74) is 0. The smallest absolute Gasteiger partial charge is 0.0420 e. The minimum absolute atomic E-state index is 0.854. The molecule has 0 saturated heterocycles. The highest BCUT2D eigenvalue weighted by Crippen LogP contribution is 2.23. The van der Waals surface area contributed by atoms with Crippen LogP contribution in [-0.4, -0.2) is 0 Å². The monoisotopic (exact) mass is 296 g/mol. The molecule has 0 aliphatic carbocycles. The average Bonchev–Trinajstić information content (AvgIpc) is 2.37. The summed E-state index contributed by atoms with van der Waals surface area (Å²) in [6.07, 6.45) is 12.9. The molecule has 3 unspecified atom stereocenters. The average molecular weight is 297 g/mol. The Morgan fingerprint density at radius 3 is 1.24 bits per heavy atom. The van der Waals surface area contributed by atoms with Gasteiger partial charge >= 0.3 is 0 Å². The lowest BCUT2D eigenvalue weighted by Crippen LogP contribution is -2.05. The van der Waals surface area contributed by atoms with Gasteiger partial charge in [-0.1, -0.05) is 106 Å². The summed E-state index contributed by atoms with van der Waals surface area (Å²) in [6.45, 7) is 16.7. The van der Waals surface area contributed by atoms with E-state index in [4.69, 9.17) is 0 Å². The van der Waals surface area contributed by atoms with Crippen molar-refractivity contribution in [3.63, 3.8) is 0 Å². The van der Waals surface area contributed by atoms with Crippen molar-refractivity contribution in [1.82, 2.24) is 0 Å². The number of hydrogen-bond donors (Lipinski definition) is 0. The van der Waals surface area contributed by atoms with E-state index in [1.807, 2.05) is 0 Å². The van der Waals surface area contributed by atoms with Crippen LogP contribution in [-0.2, 0) is 0 Å². The summed E-state index contributed by atoms with van der Waals surface area (Å²) in [5.74, 6) is 4.51. The van der Waals surface area contributed by atoms with Gasteiger partial charge in [-0.3, -0.25) is 0 Å². The second kappa shape index (κ2) is 12.5. The van der Waals surface area contributed by atoms with Crippen LogP contribution < -0.4 is 0 Å². The molecule has 0 N–H and O–H groups in total. The molecule has 0 heterocycles. The van der Waals surface area contributed by atoms with Gasteiger partial charge in [-0.25, -0.2) is 0 Å². The highest BCUT2D eigenvalue weighted by atomic mass is 14.2. The van der Waals surface area contributed by atoms with Crippen LogP contribution in [0.3, 0.4) is 0 Å². The summed E-state index contributed by atoms with van der Waals surface area (Å²) in [6, 6.07) is 0. The van der Waals surface area contributed by atoms with Crippen LogP contribution in [0.15, 0.2) is 0 Å². The maximum Gasteiger partial charge on any atom is -0.0420 e. The fourth-order valence-electron chi connectivity index (χ4n) is 3.10. The first kappa shape index (κ1) is 21.0. The molecule has 0 radical (unpaired) electrons. The summed E-state index contributed by atoms with van der Waals surface area (Å²) in [5, 5.41) is 0. The Hall–Kier alpha value is 0. The molecule has 0 heteroatoms. The van der Waals surface area contributed by atoms with Gasteiger partial charge in [-0.15, -0.1) is 0 Å². The molecule has 0 aromatic carbocycles. The van der Waals surface area contributed by atoms with E-state index >= 15 is 0 Å². The molecule has 21 heavy (non-hydrogen) atoms. The molecular weight excluding hydrogens is 252 g/mol. The van der Waals surface area contributed by atoms with Gasteiger partial charge in [0.1, 0.15) is 0 Å². The zero-order chi connectivity index (χ0) is 16.3. The van der Waals surface area contributed by atoms with E-state index < -0.39 is 0 Å². The second-order valence-corrected chi connectivity index (χ2v) is 8.62. The lowest BCUT2D eigenvalue weighted by Gasteiger charge is -2.18. The summed E-state index contributed by atoms with van der Waals surface area (Å²) in [4.78, 5) is 0. The van der Waals surface area contributed by atoms with Crippen molar-refractivity contribution in [1.29, 1.82) is 0 Å². The standard InChI is InChI=1S/C21H44/c1-17(2)11-8-12-19(5)13-9-14-20(6)15-10-16-21(7)18(3)4/h17-21H,8-16H2,1-7H3. The molecule has 0 rings (SSSR count). The minimum atomic E-state index is 0.854. The van der Waals surface area contributed by atoms with E-state index in [-0.39, 0.29) is 0 Å². The van der Waals surface area contributed by atoms with Crippen LogP contribution in [0.4, 0.5) is 0 Å². The molecule has 0 aromatic heterocycles. The van der Waals surface area contributed by atoms with Crippen molar-refractivity contribution in [2.24, 2.45) is 29.6 Å². The van der Waals surface area contributed by atoms with E-state index in [1.54, 1.807) is 0 Å². The van der Waals surface area contributed by atoms with Crippen molar-refractivity contribution in [3.05, 3.63) is 0 Å². The molecule has 0 aliphatic rings. The maximum absolute atomic E-state index is 2.46. The molecule has 0 aliphatic heterocycles. The predicted octanol–water partition coefficient (Wildman–Crippen LogP) is 7.72. The van der Waals surface area contributed by atoms with Gasteiger partial charge in [0.25, 0.3) is 0 Å². The Balaban J connectivity index is 3.50. The van der Waals surface area contributed by atoms with E-state index in [2.05, 4.69) is 48.5 Å². The van der Waals surface area contributed by atoms with Crippen LogP contribution in [0.25, 0.3) is 0 Å². The van der Waals surface area contributed by atoms with Gasteiger partial charge < -0.3 is 0 Å². The third-order valence-electron chi connectivity index (χ3n) is 5.37. The Labute approximate surface area is 136 Å². The zero-order valence-electron chi connectivity index (χ0n) is 16.3. The molecule has 3 atom stereocenters. The Morgan fingerprint density at radius 2 is 0.857 bits per heavy atom. The first-order valence-electron chi connectivity index (χ1n) is 9.82. The van der Waals surface area contributed by atoms with Crippen molar-refractivity contribution in [2.75, 3.05) is 0 Å². The van der Waals surface area contributed by atoms with Gasteiger partial charge in [0.15, 0.2) is 0 Å². The summed E-state index contributed by atoms with van der Waals surface area (Å²) in [7, 11) is 0. The lowest BCUT2D eigenvalue weighted by atomic mass is 9.89. The van der Waals surface area contributed by atoms with Crippen molar-refractivity contribution in [2.45, 2.75) is 106 Å². The van der Waals surface area contributed by atoms with E-state index in [9.17, 15) is 0 Å². The maximum atomic E-state index is 2.46. The van der Waals surface area contributed by atoms with Gasteiger partial charge in [0, 0.05) is 0 Å². The van der Waals surface area contributed by atoms with Gasteiger partial charge in [0.2, 0.25) is 0 Å². The molecule has 0 spiro atoms. The summed E-state index contributed by atoms with van der Waals surface area (Å²) >= 11 is 0. The van der Waals surface area contributed by atoms with Crippen molar-refractivity contribution < 1.29 is 0 Å². The molecule has 0 fully saturated rings. The fourth-order valence-corrected chi connectivity index (χ4v) is 3.10.